The van der Waals surface area contributed by atoms with E-state index in [0.717, 1.165) is 5.01 Å². The number of rotatable bonds is 6. The first-order valence-corrected chi connectivity index (χ1v) is 12.2. The van der Waals surface area contributed by atoms with Gasteiger partial charge in [-0.15, -0.1) is 11.8 Å². The molecule has 1 atom stereocenters. The van der Waals surface area contributed by atoms with Crippen molar-refractivity contribution in [1.82, 2.24) is 15.0 Å². The van der Waals surface area contributed by atoms with Crippen LogP contribution in [0.3, 0.4) is 0 Å². The number of hydrazone groups is 1. The zero-order chi connectivity index (χ0) is 23.6. The minimum absolute atomic E-state index is 0.0157. The predicted molar refractivity (Wildman–Crippen MR) is 125 cm³/mol. The van der Waals surface area contributed by atoms with Gasteiger partial charge in [-0.1, -0.05) is 11.6 Å². The highest BCUT2D eigenvalue weighted by atomic mass is 35.5. The van der Waals surface area contributed by atoms with E-state index in [1.165, 1.54) is 48.4 Å². The van der Waals surface area contributed by atoms with Gasteiger partial charge in [0.1, 0.15) is 5.25 Å². The summed E-state index contributed by atoms with van der Waals surface area (Å²) in [6.07, 6.45) is 2.85. The first-order valence-electron chi connectivity index (χ1n) is 9.50. The van der Waals surface area contributed by atoms with Crippen molar-refractivity contribution in [2.24, 2.45) is 5.10 Å². The van der Waals surface area contributed by atoms with Gasteiger partial charge in [-0.3, -0.25) is 9.59 Å². The molecule has 168 valence electrons. The highest BCUT2D eigenvalue weighted by molar-refractivity contribution is 8.01. The first kappa shape index (κ1) is 22.9. The Hall–Kier alpha value is -3.28. The zero-order valence-corrected chi connectivity index (χ0v) is 19.4. The lowest BCUT2D eigenvalue weighted by molar-refractivity contribution is -0.125. The molecule has 1 aromatic heterocycles. The van der Waals surface area contributed by atoms with Crippen molar-refractivity contribution >= 4 is 56.9 Å². The van der Waals surface area contributed by atoms with Crippen molar-refractivity contribution in [3.8, 4) is 0 Å². The molecule has 33 heavy (non-hydrogen) atoms. The number of anilines is 1. The third-order valence-corrected chi connectivity index (χ3v) is 7.45. The molecule has 0 radical (unpaired) electrons. The number of hydrogen-bond donors (Lipinski definition) is 1. The van der Waals surface area contributed by atoms with Gasteiger partial charge in [0.15, 0.2) is 0 Å². The van der Waals surface area contributed by atoms with Crippen molar-refractivity contribution in [2.75, 3.05) is 4.72 Å². The first-order chi connectivity index (χ1) is 15.7. The lowest BCUT2D eigenvalue weighted by atomic mass is 10.2. The Morgan fingerprint density at radius 3 is 2.33 bits per heavy atom. The van der Waals surface area contributed by atoms with Gasteiger partial charge in [0.25, 0.3) is 21.8 Å². The lowest BCUT2D eigenvalue weighted by Gasteiger charge is -2.13. The second-order valence-corrected chi connectivity index (χ2v) is 10.1. The number of imide groups is 1. The smallest absolute Gasteiger partial charge is 0.271 e. The van der Waals surface area contributed by atoms with Crippen LogP contribution in [0.2, 0.25) is 5.02 Å². The molecule has 0 fully saturated rings. The quantitative estimate of drug-likeness (QED) is 0.513. The van der Waals surface area contributed by atoms with E-state index in [9.17, 15) is 18.0 Å². The van der Waals surface area contributed by atoms with Crippen molar-refractivity contribution in [3.05, 3.63) is 77.6 Å². The summed E-state index contributed by atoms with van der Waals surface area (Å²) >= 11 is 7.02. The molecule has 0 bridgehead atoms. The largest absolute Gasteiger partial charge is 0.281 e. The van der Waals surface area contributed by atoms with Crippen molar-refractivity contribution in [2.45, 2.75) is 22.0 Å². The van der Waals surface area contributed by atoms with Gasteiger partial charge in [-0.2, -0.15) is 10.1 Å². The number of carbonyl (C=O) groups is 2. The minimum Gasteiger partial charge on any atom is -0.271 e. The summed E-state index contributed by atoms with van der Waals surface area (Å²) in [5.41, 5.74) is 0.756. The summed E-state index contributed by atoms with van der Waals surface area (Å²) in [6.45, 7) is 1.66. The number of sulfonamides is 1. The molecule has 0 spiro atoms. The van der Waals surface area contributed by atoms with E-state index in [-0.39, 0.29) is 10.8 Å². The van der Waals surface area contributed by atoms with Gasteiger partial charge in [-0.25, -0.2) is 23.1 Å². The Labute approximate surface area is 198 Å². The SMILES string of the molecule is CC1=NN(C(=O)c2ccc(Cl)cc2)C(=O)C1Sc1ccc(S(=O)(=O)Nc2ncccn2)cc1. The van der Waals surface area contributed by atoms with E-state index in [0.29, 0.717) is 21.2 Å². The molecule has 2 heterocycles. The lowest BCUT2D eigenvalue weighted by Crippen LogP contribution is -2.33. The summed E-state index contributed by atoms with van der Waals surface area (Å²) in [5, 5.41) is 4.74. The van der Waals surface area contributed by atoms with Crippen LogP contribution in [0.15, 0.2) is 81.9 Å². The van der Waals surface area contributed by atoms with Gasteiger partial charge in [0.05, 0.1) is 10.6 Å². The van der Waals surface area contributed by atoms with E-state index in [1.54, 1.807) is 37.3 Å². The van der Waals surface area contributed by atoms with Crippen LogP contribution in [-0.2, 0) is 14.8 Å². The van der Waals surface area contributed by atoms with E-state index in [4.69, 9.17) is 11.6 Å². The van der Waals surface area contributed by atoms with Crippen LogP contribution in [0.25, 0.3) is 0 Å². The second-order valence-electron chi connectivity index (χ2n) is 6.85. The highest BCUT2D eigenvalue weighted by Gasteiger charge is 2.38. The normalized spacial score (nSPS) is 15.9. The predicted octanol–water partition coefficient (Wildman–Crippen LogP) is 3.45. The molecule has 1 unspecified atom stereocenters. The highest BCUT2D eigenvalue weighted by Crippen LogP contribution is 2.31. The Kier molecular flexibility index (Phi) is 6.45. The molecule has 1 aliphatic rings. The van der Waals surface area contributed by atoms with Gasteiger partial charge in [0, 0.05) is 27.9 Å². The van der Waals surface area contributed by atoms with Crippen LogP contribution in [0.4, 0.5) is 5.95 Å². The number of thioether (sulfide) groups is 1. The van der Waals surface area contributed by atoms with Crippen LogP contribution in [-0.4, -0.2) is 46.2 Å². The molecular weight excluding hydrogens is 486 g/mol. The number of benzene rings is 2. The Morgan fingerprint density at radius 1 is 1.06 bits per heavy atom. The van der Waals surface area contributed by atoms with Crippen LogP contribution in [0.5, 0.6) is 0 Å². The van der Waals surface area contributed by atoms with E-state index in [2.05, 4.69) is 19.8 Å². The van der Waals surface area contributed by atoms with Crippen molar-refractivity contribution in [1.29, 1.82) is 0 Å². The maximum Gasteiger partial charge on any atom is 0.281 e. The third-order valence-electron chi connectivity index (χ3n) is 4.53. The van der Waals surface area contributed by atoms with Gasteiger partial charge in [-0.05, 0) is 61.5 Å². The average molecular weight is 502 g/mol. The van der Waals surface area contributed by atoms with Gasteiger partial charge in [0.2, 0.25) is 5.95 Å². The fraction of sp³-hybridized carbons (Fsp3) is 0.0952. The molecule has 12 heteroatoms. The number of halogens is 1. The molecule has 0 aliphatic carbocycles. The molecule has 1 N–H and O–H groups in total. The second kappa shape index (κ2) is 9.30. The standard InChI is InChI=1S/C21H16ClN5O4S2/c1-13-18(20(29)27(25-13)19(28)14-3-5-15(22)6-4-14)32-16-7-9-17(10-8-16)33(30,31)26-21-23-11-2-12-24-21/h2-12,18H,1H3,(H,23,24,26). The summed E-state index contributed by atoms with van der Waals surface area (Å²) in [7, 11) is -3.87. The number of nitrogens with zero attached hydrogens (tertiary/aromatic N) is 4. The molecule has 0 saturated heterocycles. The fourth-order valence-electron chi connectivity index (χ4n) is 2.91. The number of amides is 2. The summed E-state index contributed by atoms with van der Waals surface area (Å²) < 4.78 is 27.3. The Balaban J connectivity index is 1.46. The molecular formula is C21H16ClN5O4S2. The molecule has 3 aromatic rings. The monoisotopic (exact) mass is 501 g/mol. The van der Waals surface area contributed by atoms with Crippen LogP contribution in [0.1, 0.15) is 17.3 Å². The fourth-order valence-corrected chi connectivity index (χ4v) is 4.98. The maximum absolute atomic E-state index is 12.9. The molecule has 0 saturated carbocycles. The van der Waals surface area contributed by atoms with Crippen LogP contribution < -0.4 is 4.72 Å². The van der Waals surface area contributed by atoms with Crippen molar-refractivity contribution < 1.29 is 18.0 Å². The van der Waals surface area contributed by atoms with E-state index < -0.39 is 27.1 Å². The Morgan fingerprint density at radius 2 is 1.70 bits per heavy atom. The van der Waals surface area contributed by atoms with E-state index in [1.807, 2.05) is 0 Å². The number of carbonyl (C=O) groups excluding carboxylic acids is 2. The third kappa shape index (κ3) is 5.05. The minimum atomic E-state index is -3.87. The molecule has 2 aromatic carbocycles. The molecule has 9 nitrogen and oxygen atoms in total. The van der Waals surface area contributed by atoms with Crippen LogP contribution >= 0.6 is 23.4 Å². The number of aromatic nitrogens is 2. The summed E-state index contributed by atoms with van der Waals surface area (Å²) in [6, 6.07) is 13.7. The molecule has 1 aliphatic heterocycles. The Bertz CT molecular complexity index is 1330. The summed E-state index contributed by atoms with van der Waals surface area (Å²) in [4.78, 5) is 33.9. The molecule has 4 rings (SSSR count). The maximum atomic E-state index is 12.9. The topological polar surface area (TPSA) is 122 Å². The van der Waals surface area contributed by atoms with E-state index >= 15 is 0 Å². The van der Waals surface area contributed by atoms with Gasteiger partial charge >= 0.3 is 0 Å². The number of hydrogen-bond acceptors (Lipinski definition) is 8. The average Bonchev–Trinajstić information content (AvgIpc) is 3.08. The zero-order valence-electron chi connectivity index (χ0n) is 17.0. The van der Waals surface area contributed by atoms with Crippen LogP contribution in [0, 0.1) is 0 Å². The van der Waals surface area contributed by atoms with Crippen molar-refractivity contribution in [3.63, 3.8) is 0 Å². The number of nitrogens with one attached hydrogen (secondary N) is 1. The van der Waals surface area contributed by atoms with Gasteiger partial charge < -0.3 is 0 Å². The summed E-state index contributed by atoms with van der Waals surface area (Å²) in [5.74, 6) is -1.06. The molecule has 2 amide bonds.